The van der Waals surface area contributed by atoms with Crippen LogP contribution in [0.4, 0.5) is 11.4 Å². The van der Waals surface area contributed by atoms with Gasteiger partial charge in [0.25, 0.3) is 0 Å². The zero-order valence-corrected chi connectivity index (χ0v) is 8.49. The lowest BCUT2D eigenvalue weighted by atomic mass is 10.1. The predicted octanol–water partition coefficient (Wildman–Crippen LogP) is 0.959. The minimum atomic E-state index is -0.109. The van der Waals surface area contributed by atoms with E-state index >= 15 is 0 Å². The van der Waals surface area contributed by atoms with Crippen LogP contribution < -0.4 is 16.4 Å². The van der Waals surface area contributed by atoms with Crippen molar-refractivity contribution in [3.63, 3.8) is 0 Å². The van der Waals surface area contributed by atoms with E-state index in [2.05, 4.69) is 10.6 Å². The van der Waals surface area contributed by atoms with Crippen LogP contribution in [0.5, 0.6) is 0 Å². The van der Waals surface area contributed by atoms with Crippen molar-refractivity contribution < 1.29 is 4.79 Å². The second-order valence-electron chi connectivity index (χ2n) is 3.75. The van der Waals surface area contributed by atoms with E-state index in [-0.39, 0.29) is 11.9 Å². The van der Waals surface area contributed by atoms with Gasteiger partial charge in [-0.3, -0.25) is 4.79 Å². The van der Waals surface area contributed by atoms with Crippen LogP contribution in [0.15, 0.2) is 24.3 Å². The summed E-state index contributed by atoms with van der Waals surface area (Å²) in [6.07, 6.45) is 1.91. The number of rotatable bonds is 2. The lowest BCUT2D eigenvalue weighted by molar-refractivity contribution is -0.123. The molecule has 1 amide bonds. The summed E-state index contributed by atoms with van der Waals surface area (Å²) >= 11 is 0. The summed E-state index contributed by atoms with van der Waals surface area (Å²) in [6.45, 7) is 0.790. The minimum absolute atomic E-state index is 0.0816. The van der Waals surface area contributed by atoms with Crippen molar-refractivity contribution in [2.24, 2.45) is 0 Å². The third kappa shape index (κ3) is 2.40. The number of hydrogen-bond donors (Lipinski definition) is 3. The molecular weight excluding hydrogens is 190 g/mol. The number of hydrogen-bond acceptors (Lipinski definition) is 3. The Morgan fingerprint density at radius 2 is 2.07 bits per heavy atom. The van der Waals surface area contributed by atoms with Crippen LogP contribution in [0.25, 0.3) is 0 Å². The van der Waals surface area contributed by atoms with Crippen LogP contribution in [-0.4, -0.2) is 18.5 Å². The number of nitrogen functional groups attached to an aromatic ring is 1. The number of amides is 1. The molecule has 0 spiro atoms. The zero-order valence-electron chi connectivity index (χ0n) is 8.49. The highest BCUT2D eigenvalue weighted by Crippen LogP contribution is 2.14. The Morgan fingerprint density at radius 1 is 1.33 bits per heavy atom. The van der Waals surface area contributed by atoms with Crippen LogP contribution in [-0.2, 0) is 4.79 Å². The van der Waals surface area contributed by atoms with Gasteiger partial charge in [0, 0.05) is 17.9 Å². The van der Waals surface area contributed by atoms with Gasteiger partial charge in [-0.15, -0.1) is 0 Å². The van der Waals surface area contributed by atoms with Gasteiger partial charge in [-0.1, -0.05) is 0 Å². The highest BCUT2D eigenvalue weighted by Gasteiger charge is 2.21. The van der Waals surface area contributed by atoms with E-state index in [4.69, 9.17) is 5.73 Å². The van der Waals surface area contributed by atoms with E-state index in [0.717, 1.165) is 30.8 Å². The smallest absolute Gasteiger partial charge is 0.242 e. The monoisotopic (exact) mass is 205 g/mol. The minimum Gasteiger partial charge on any atom is -0.399 e. The Balaban J connectivity index is 2.01. The van der Waals surface area contributed by atoms with Crippen LogP contribution in [0.1, 0.15) is 12.8 Å². The molecule has 1 atom stereocenters. The topological polar surface area (TPSA) is 67.2 Å². The van der Waals surface area contributed by atoms with Crippen molar-refractivity contribution in [1.29, 1.82) is 0 Å². The van der Waals surface area contributed by atoms with Crippen LogP contribution >= 0.6 is 0 Å². The summed E-state index contributed by atoms with van der Waals surface area (Å²) in [5.74, 6) is 0.0816. The number of nitrogens with two attached hydrogens (primary N) is 1. The molecule has 1 saturated heterocycles. The Kier molecular flexibility index (Phi) is 2.76. The van der Waals surface area contributed by atoms with Crippen molar-refractivity contribution in [1.82, 2.24) is 5.32 Å². The fourth-order valence-electron chi connectivity index (χ4n) is 1.69. The average Bonchev–Trinajstić information content (AvgIpc) is 2.25. The second-order valence-corrected chi connectivity index (χ2v) is 3.75. The third-order valence-corrected chi connectivity index (χ3v) is 2.54. The average molecular weight is 205 g/mol. The maximum absolute atomic E-state index is 11.5. The summed E-state index contributed by atoms with van der Waals surface area (Å²) in [5.41, 5.74) is 7.25. The third-order valence-electron chi connectivity index (χ3n) is 2.54. The van der Waals surface area contributed by atoms with Gasteiger partial charge in [0.1, 0.15) is 6.04 Å². The number of anilines is 2. The molecule has 2 rings (SSSR count). The van der Waals surface area contributed by atoms with E-state index in [1.165, 1.54) is 0 Å². The lowest BCUT2D eigenvalue weighted by Crippen LogP contribution is -2.44. The van der Waals surface area contributed by atoms with Gasteiger partial charge in [-0.05, 0) is 37.1 Å². The molecule has 1 aromatic rings. The van der Waals surface area contributed by atoms with E-state index in [9.17, 15) is 4.79 Å². The highest BCUT2D eigenvalue weighted by atomic mass is 16.2. The Bertz CT molecular complexity index is 347. The van der Waals surface area contributed by atoms with Crippen molar-refractivity contribution in [3.8, 4) is 0 Å². The zero-order chi connectivity index (χ0) is 10.7. The van der Waals surface area contributed by atoms with E-state index in [1.807, 2.05) is 24.3 Å². The molecule has 4 nitrogen and oxygen atoms in total. The second kappa shape index (κ2) is 4.21. The number of piperidine rings is 1. The number of benzene rings is 1. The molecule has 1 aliphatic rings. The maximum Gasteiger partial charge on any atom is 0.242 e. The first kappa shape index (κ1) is 9.83. The summed E-state index contributed by atoms with van der Waals surface area (Å²) in [7, 11) is 0. The van der Waals surface area contributed by atoms with Crippen molar-refractivity contribution in [2.75, 3.05) is 17.6 Å². The van der Waals surface area contributed by atoms with Gasteiger partial charge in [-0.25, -0.2) is 0 Å². The lowest BCUT2D eigenvalue weighted by Gasteiger charge is -2.23. The first-order chi connectivity index (χ1) is 7.25. The van der Waals surface area contributed by atoms with Crippen molar-refractivity contribution in [3.05, 3.63) is 24.3 Å². The molecule has 0 bridgehead atoms. The highest BCUT2D eigenvalue weighted by molar-refractivity contribution is 5.85. The van der Waals surface area contributed by atoms with Gasteiger partial charge in [0.15, 0.2) is 0 Å². The molecule has 1 fully saturated rings. The fraction of sp³-hybridized carbons (Fsp3) is 0.364. The first-order valence-corrected chi connectivity index (χ1v) is 5.15. The molecule has 1 aliphatic heterocycles. The quantitative estimate of drug-likeness (QED) is 0.630. The Hall–Kier alpha value is -1.71. The maximum atomic E-state index is 11.5. The van der Waals surface area contributed by atoms with Crippen LogP contribution in [0.3, 0.4) is 0 Å². The largest absolute Gasteiger partial charge is 0.399 e. The van der Waals surface area contributed by atoms with Gasteiger partial charge in [0.05, 0.1) is 0 Å². The van der Waals surface area contributed by atoms with Crippen molar-refractivity contribution in [2.45, 2.75) is 18.9 Å². The number of carbonyl (C=O) groups excluding carboxylic acids is 1. The molecule has 80 valence electrons. The molecule has 4 N–H and O–H groups in total. The van der Waals surface area contributed by atoms with Gasteiger partial charge >= 0.3 is 0 Å². The van der Waals surface area contributed by atoms with E-state index < -0.39 is 0 Å². The molecule has 0 aromatic heterocycles. The molecule has 1 aromatic carbocycles. The molecule has 1 unspecified atom stereocenters. The predicted molar refractivity (Wildman–Crippen MR) is 60.5 cm³/mol. The van der Waals surface area contributed by atoms with Crippen LogP contribution in [0.2, 0.25) is 0 Å². The molecule has 15 heavy (non-hydrogen) atoms. The molecule has 0 aliphatic carbocycles. The van der Waals surface area contributed by atoms with Crippen LogP contribution in [0, 0.1) is 0 Å². The Morgan fingerprint density at radius 3 is 2.73 bits per heavy atom. The normalized spacial score (nSPS) is 20.8. The first-order valence-electron chi connectivity index (χ1n) is 5.15. The number of nitrogens with one attached hydrogen (secondary N) is 2. The molecular formula is C11H15N3O. The molecule has 0 radical (unpaired) electrons. The SMILES string of the molecule is Nc1ccc(NC2CCCNC2=O)cc1. The molecule has 0 saturated carbocycles. The summed E-state index contributed by atoms with van der Waals surface area (Å²) in [4.78, 5) is 11.5. The van der Waals surface area contributed by atoms with Crippen molar-refractivity contribution >= 4 is 17.3 Å². The molecule has 4 heteroatoms. The molecule has 1 heterocycles. The summed E-state index contributed by atoms with van der Waals surface area (Å²) in [5, 5.41) is 6.03. The van der Waals surface area contributed by atoms with E-state index in [0.29, 0.717) is 0 Å². The standard InChI is InChI=1S/C11H15N3O/c12-8-3-5-9(6-4-8)14-10-2-1-7-13-11(10)15/h3-6,10,14H,1-2,7,12H2,(H,13,15). The summed E-state index contributed by atoms with van der Waals surface area (Å²) in [6, 6.07) is 7.31. The van der Waals surface area contributed by atoms with Gasteiger partial charge in [-0.2, -0.15) is 0 Å². The number of carbonyl (C=O) groups is 1. The van der Waals surface area contributed by atoms with Gasteiger partial charge in [0.2, 0.25) is 5.91 Å². The van der Waals surface area contributed by atoms with Gasteiger partial charge < -0.3 is 16.4 Å². The fourth-order valence-corrected chi connectivity index (χ4v) is 1.69. The Labute approximate surface area is 88.9 Å². The summed E-state index contributed by atoms with van der Waals surface area (Å²) < 4.78 is 0. The van der Waals surface area contributed by atoms with E-state index in [1.54, 1.807) is 0 Å².